The maximum Gasteiger partial charge on any atom is 0.311 e. The van der Waals surface area contributed by atoms with Crippen LogP contribution in [-0.2, 0) is 9.53 Å². The molecule has 110 valence electrons. The average Bonchev–Trinajstić information content (AvgIpc) is 2.38. The summed E-state index contributed by atoms with van der Waals surface area (Å²) in [6, 6.07) is 2.62. The molecule has 0 saturated heterocycles. The lowest BCUT2D eigenvalue weighted by Gasteiger charge is -2.07. The van der Waals surface area contributed by atoms with Gasteiger partial charge < -0.3 is 21.1 Å². The molecule has 1 aromatic heterocycles. The molecule has 0 radical (unpaired) electrons. The quantitative estimate of drug-likeness (QED) is 0.351. The first kappa shape index (κ1) is 15.6. The van der Waals surface area contributed by atoms with E-state index in [1.165, 1.54) is 12.1 Å². The molecule has 0 unspecified atom stereocenters. The van der Waals surface area contributed by atoms with Crippen LogP contribution in [0.15, 0.2) is 12.1 Å². The van der Waals surface area contributed by atoms with E-state index in [4.69, 9.17) is 10.5 Å². The van der Waals surface area contributed by atoms with Crippen molar-refractivity contribution in [2.75, 3.05) is 37.9 Å². The number of carbonyl (C=O) groups excluding carboxylic acids is 1. The van der Waals surface area contributed by atoms with E-state index in [9.17, 15) is 14.9 Å². The Morgan fingerprint density at radius 2 is 2.25 bits per heavy atom. The molecule has 0 bridgehead atoms. The molecule has 9 nitrogen and oxygen atoms in total. The Morgan fingerprint density at radius 1 is 1.50 bits per heavy atom. The highest BCUT2D eigenvalue weighted by atomic mass is 16.6. The number of nitrogens with two attached hydrogens (primary N) is 1. The van der Waals surface area contributed by atoms with E-state index >= 15 is 0 Å². The summed E-state index contributed by atoms with van der Waals surface area (Å²) < 4.78 is 4.79. The number of anilines is 2. The lowest BCUT2D eigenvalue weighted by molar-refractivity contribution is -0.384. The molecule has 0 atom stereocenters. The fourth-order valence-electron chi connectivity index (χ4n) is 1.42. The molecule has 20 heavy (non-hydrogen) atoms. The van der Waals surface area contributed by atoms with Gasteiger partial charge in [-0.05, 0) is 6.07 Å². The molecule has 1 heterocycles. The second kappa shape index (κ2) is 7.89. The van der Waals surface area contributed by atoms with Crippen LogP contribution in [0.4, 0.5) is 17.3 Å². The van der Waals surface area contributed by atoms with Crippen LogP contribution < -0.4 is 16.4 Å². The number of hydrogen-bond acceptors (Lipinski definition) is 7. The molecule has 0 spiro atoms. The van der Waals surface area contributed by atoms with Crippen molar-refractivity contribution in [2.24, 2.45) is 0 Å². The third kappa shape index (κ3) is 5.06. The summed E-state index contributed by atoms with van der Waals surface area (Å²) >= 11 is 0. The minimum absolute atomic E-state index is 0.0553. The number of rotatable bonds is 8. The zero-order valence-corrected chi connectivity index (χ0v) is 11.1. The van der Waals surface area contributed by atoms with Crippen LogP contribution in [0, 0.1) is 10.1 Å². The molecular weight excluding hydrogens is 266 g/mol. The summed E-state index contributed by atoms with van der Waals surface area (Å²) in [5.74, 6) is 0.0449. The third-order valence-corrected chi connectivity index (χ3v) is 2.37. The number of nitrogen functional groups attached to an aromatic ring is 1. The van der Waals surface area contributed by atoms with Crippen LogP contribution >= 0.6 is 0 Å². The van der Waals surface area contributed by atoms with Crippen LogP contribution in [-0.4, -0.2) is 42.6 Å². The summed E-state index contributed by atoms with van der Waals surface area (Å²) in [6.45, 7) is 1.07. The molecule has 0 aromatic carbocycles. The molecule has 0 aliphatic rings. The van der Waals surface area contributed by atoms with E-state index in [1.807, 2.05) is 0 Å². The van der Waals surface area contributed by atoms with E-state index in [1.54, 1.807) is 7.11 Å². The fraction of sp³-hybridized carbons (Fsp3) is 0.455. The zero-order chi connectivity index (χ0) is 15.0. The van der Waals surface area contributed by atoms with Gasteiger partial charge in [-0.2, -0.15) is 0 Å². The lowest BCUT2D eigenvalue weighted by atomic mass is 10.3. The summed E-state index contributed by atoms with van der Waals surface area (Å²) in [7, 11) is 1.54. The Hall–Kier alpha value is -2.42. The number of ether oxygens (including phenoxy) is 1. The van der Waals surface area contributed by atoms with E-state index in [0.717, 1.165) is 0 Å². The Morgan fingerprint density at radius 3 is 2.90 bits per heavy atom. The molecular formula is C11H17N5O4. The number of hydrogen-bond donors (Lipinski definition) is 3. The number of amides is 1. The minimum Gasteiger partial charge on any atom is -0.384 e. The predicted octanol–water partition coefficient (Wildman–Crippen LogP) is 0.137. The number of nitrogens with zero attached hydrogens (tertiary/aromatic N) is 2. The Balaban J connectivity index is 2.47. The van der Waals surface area contributed by atoms with Gasteiger partial charge in [0.1, 0.15) is 5.82 Å². The number of aromatic nitrogens is 1. The van der Waals surface area contributed by atoms with Gasteiger partial charge in [0.2, 0.25) is 11.7 Å². The van der Waals surface area contributed by atoms with Gasteiger partial charge in [0.15, 0.2) is 0 Å². The fourth-order valence-corrected chi connectivity index (χ4v) is 1.42. The second-order valence-electron chi connectivity index (χ2n) is 3.88. The SMILES string of the molecule is COCCNC(=O)CCNc1nc(N)ccc1[N+](=O)[O-]. The van der Waals surface area contributed by atoms with Crippen molar-refractivity contribution in [1.29, 1.82) is 0 Å². The van der Waals surface area contributed by atoms with Gasteiger partial charge in [-0.25, -0.2) is 4.98 Å². The second-order valence-corrected chi connectivity index (χ2v) is 3.88. The van der Waals surface area contributed by atoms with Gasteiger partial charge >= 0.3 is 5.69 Å². The van der Waals surface area contributed by atoms with Crippen LogP contribution in [0.3, 0.4) is 0 Å². The van der Waals surface area contributed by atoms with Crippen LogP contribution in [0.2, 0.25) is 0 Å². The molecule has 1 aromatic rings. The van der Waals surface area contributed by atoms with Crippen LogP contribution in [0.25, 0.3) is 0 Å². The van der Waals surface area contributed by atoms with Gasteiger partial charge in [-0.15, -0.1) is 0 Å². The van der Waals surface area contributed by atoms with Gasteiger partial charge in [0.05, 0.1) is 11.5 Å². The number of nitro groups is 1. The highest BCUT2D eigenvalue weighted by Crippen LogP contribution is 2.22. The van der Waals surface area contributed by atoms with E-state index < -0.39 is 4.92 Å². The van der Waals surface area contributed by atoms with Crippen molar-refractivity contribution in [3.8, 4) is 0 Å². The smallest absolute Gasteiger partial charge is 0.311 e. The maximum absolute atomic E-state index is 11.4. The van der Waals surface area contributed by atoms with Crippen molar-refractivity contribution in [2.45, 2.75) is 6.42 Å². The summed E-state index contributed by atoms with van der Waals surface area (Å²) in [4.78, 5) is 25.5. The minimum atomic E-state index is -0.562. The van der Waals surface area contributed by atoms with Crippen LogP contribution in [0.1, 0.15) is 6.42 Å². The predicted molar refractivity (Wildman–Crippen MR) is 73.3 cm³/mol. The van der Waals surface area contributed by atoms with Crippen molar-refractivity contribution in [3.05, 3.63) is 22.2 Å². The Kier molecular flexibility index (Phi) is 6.17. The largest absolute Gasteiger partial charge is 0.384 e. The standard InChI is InChI=1S/C11H17N5O4/c1-20-7-6-13-10(17)4-5-14-11-8(16(18)19)2-3-9(12)15-11/h2-3H,4-7H2,1H3,(H,13,17)(H3,12,14,15). The number of carbonyl (C=O) groups is 1. The van der Waals surface area contributed by atoms with Gasteiger partial charge in [0.25, 0.3) is 0 Å². The molecule has 4 N–H and O–H groups in total. The topological polar surface area (TPSA) is 132 Å². The average molecular weight is 283 g/mol. The molecule has 0 saturated carbocycles. The Labute approximate surface area is 115 Å². The zero-order valence-electron chi connectivity index (χ0n) is 11.1. The summed E-state index contributed by atoms with van der Waals surface area (Å²) in [6.07, 6.45) is 0.164. The number of methoxy groups -OCH3 is 1. The highest BCUT2D eigenvalue weighted by Gasteiger charge is 2.15. The first-order chi connectivity index (χ1) is 9.54. The van der Waals surface area contributed by atoms with Crippen LogP contribution in [0.5, 0.6) is 0 Å². The van der Waals surface area contributed by atoms with E-state index in [2.05, 4.69) is 15.6 Å². The van der Waals surface area contributed by atoms with Crippen molar-refractivity contribution in [1.82, 2.24) is 10.3 Å². The summed E-state index contributed by atoms with van der Waals surface area (Å²) in [5, 5.41) is 16.2. The number of pyridine rings is 1. The molecule has 9 heteroatoms. The molecule has 1 amide bonds. The monoisotopic (exact) mass is 283 g/mol. The van der Waals surface area contributed by atoms with Crippen molar-refractivity contribution in [3.63, 3.8) is 0 Å². The third-order valence-electron chi connectivity index (χ3n) is 2.37. The normalized spacial score (nSPS) is 10.1. The summed E-state index contributed by atoms with van der Waals surface area (Å²) in [5.41, 5.74) is 5.29. The van der Waals surface area contributed by atoms with E-state index in [-0.39, 0.29) is 36.2 Å². The van der Waals surface area contributed by atoms with Gasteiger partial charge in [-0.3, -0.25) is 14.9 Å². The molecule has 0 aliphatic heterocycles. The first-order valence-corrected chi connectivity index (χ1v) is 5.95. The highest BCUT2D eigenvalue weighted by molar-refractivity contribution is 5.76. The van der Waals surface area contributed by atoms with Gasteiger partial charge in [0, 0.05) is 32.7 Å². The first-order valence-electron chi connectivity index (χ1n) is 5.95. The van der Waals surface area contributed by atoms with Crippen molar-refractivity contribution < 1.29 is 14.5 Å². The molecule has 1 rings (SSSR count). The number of nitrogens with one attached hydrogen (secondary N) is 2. The molecule has 0 aliphatic carbocycles. The molecule has 0 fully saturated rings. The van der Waals surface area contributed by atoms with E-state index in [0.29, 0.717) is 13.2 Å². The lowest BCUT2D eigenvalue weighted by Crippen LogP contribution is -2.28. The maximum atomic E-state index is 11.4. The van der Waals surface area contributed by atoms with Gasteiger partial charge in [-0.1, -0.05) is 0 Å². The Bertz CT molecular complexity index is 480. The van der Waals surface area contributed by atoms with Crippen molar-refractivity contribution >= 4 is 23.2 Å².